The van der Waals surface area contributed by atoms with Gasteiger partial charge in [0.25, 0.3) is 5.91 Å². The van der Waals surface area contributed by atoms with Gasteiger partial charge in [0.05, 0.1) is 18.3 Å². The Morgan fingerprint density at radius 1 is 1.47 bits per heavy atom. The average molecular weight is 264 g/mol. The maximum absolute atomic E-state index is 12.4. The van der Waals surface area contributed by atoms with E-state index in [9.17, 15) is 9.90 Å². The summed E-state index contributed by atoms with van der Waals surface area (Å²) in [5.74, 6) is 0.611. The van der Waals surface area contributed by atoms with E-state index in [0.717, 1.165) is 0 Å². The van der Waals surface area contributed by atoms with Crippen LogP contribution < -0.4 is 15.4 Å². The lowest BCUT2D eigenvalue weighted by Crippen LogP contribution is -2.53. The van der Waals surface area contributed by atoms with Crippen LogP contribution in [0.25, 0.3) is 0 Å². The highest BCUT2D eigenvalue weighted by molar-refractivity contribution is 6.00. The largest absolute Gasteiger partial charge is 0.479 e. The fourth-order valence-corrected chi connectivity index (χ4v) is 2.31. The number of rotatable bonds is 3. The minimum absolute atomic E-state index is 0.0929. The van der Waals surface area contributed by atoms with Crippen LogP contribution in [-0.4, -0.2) is 29.8 Å². The van der Waals surface area contributed by atoms with Crippen LogP contribution in [0.4, 0.5) is 11.4 Å². The van der Waals surface area contributed by atoms with Crippen LogP contribution in [0.2, 0.25) is 0 Å². The molecule has 2 unspecified atom stereocenters. The Hall–Kier alpha value is -1.75. The molecule has 1 aliphatic rings. The third-order valence-electron chi connectivity index (χ3n) is 3.42. The molecule has 0 saturated carbocycles. The normalized spacial score (nSPS) is 20.2. The zero-order valence-electron chi connectivity index (χ0n) is 11.5. The summed E-state index contributed by atoms with van der Waals surface area (Å²) in [5.41, 5.74) is 6.99. The molecule has 0 saturated heterocycles. The molecule has 1 heterocycles. The van der Waals surface area contributed by atoms with Crippen LogP contribution in [0.1, 0.15) is 20.8 Å². The number of fused-ring (bicyclic) bond motifs is 1. The number of carbonyl (C=O) groups excluding carboxylic acids is 1. The minimum Gasteiger partial charge on any atom is -0.479 e. The maximum atomic E-state index is 12.4. The highest BCUT2D eigenvalue weighted by atomic mass is 16.5. The maximum Gasteiger partial charge on any atom is 0.268 e. The summed E-state index contributed by atoms with van der Waals surface area (Å²) in [5, 5.41) is 9.58. The highest BCUT2D eigenvalue weighted by Gasteiger charge is 2.37. The van der Waals surface area contributed by atoms with E-state index >= 15 is 0 Å². The van der Waals surface area contributed by atoms with Crippen molar-refractivity contribution in [2.45, 2.75) is 32.9 Å². The van der Waals surface area contributed by atoms with Gasteiger partial charge in [-0.25, -0.2) is 0 Å². The lowest BCUT2D eigenvalue weighted by molar-refractivity contribution is -0.126. The zero-order chi connectivity index (χ0) is 14.2. The number of nitrogens with zero attached hydrogens (tertiary/aromatic N) is 1. The monoisotopic (exact) mass is 264 g/mol. The highest BCUT2D eigenvalue weighted by Crippen LogP contribution is 2.37. The number of benzene rings is 1. The number of hydrogen-bond acceptors (Lipinski definition) is 4. The molecule has 0 aromatic heterocycles. The number of anilines is 2. The van der Waals surface area contributed by atoms with Gasteiger partial charge in [-0.1, -0.05) is 13.8 Å². The fraction of sp³-hybridized carbons (Fsp3) is 0.500. The van der Waals surface area contributed by atoms with Crippen molar-refractivity contribution in [3.8, 4) is 5.75 Å². The Morgan fingerprint density at radius 3 is 2.74 bits per heavy atom. The number of aliphatic hydroxyl groups is 1. The fourth-order valence-electron chi connectivity index (χ4n) is 2.31. The van der Waals surface area contributed by atoms with Crippen LogP contribution in [0.5, 0.6) is 5.75 Å². The quantitative estimate of drug-likeness (QED) is 0.809. The molecule has 0 radical (unpaired) electrons. The van der Waals surface area contributed by atoms with Crippen molar-refractivity contribution >= 4 is 17.3 Å². The first-order valence-corrected chi connectivity index (χ1v) is 6.45. The second-order valence-corrected chi connectivity index (χ2v) is 5.19. The summed E-state index contributed by atoms with van der Waals surface area (Å²) in [6.07, 6.45) is -0.552. The standard InChI is InChI=1S/C14H20N2O3/c1-8(2)12(7-17)16-11-6-10(15)4-5-13(11)19-9(3)14(16)18/h4-6,8-9,12,17H,7,15H2,1-3H3. The third-order valence-corrected chi connectivity index (χ3v) is 3.42. The molecule has 1 aliphatic heterocycles. The van der Waals surface area contributed by atoms with E-state index < -0.39 is 6.10 Å². The Bertz CT molecular complexity index is 488. The summed E-state index contributed by atoms with van der Waals surface area (Å²) in [6.45, 7) is 5.56. The number of aliphatic hydroxyl groups excluding tert-OH is 1. The van der Waals surface area contributed by atoms with Crippen LogP contribution in [0, 0.1) is 5.92 Å². The van der Waals surface area contributed by atoms with Gasteiger partial charge in [0, 0.05) is 5.69 Å². The lowest BCUT2D eigenvalue weighted by Gasteiger charge is -2.39. The van der Waals surface area contributed by atoms with E-state index in [2.05, 4.69) is 0 Å². The first kappa shape index (κ1) is 13.7. The Kier molecular flexibility index (Phi) is 3.66. The summed E-state index contributed by atoms with van der Waals surface area (Å²) >= 11 is 0. The zero-order valence-corrected chi connectivity index (χ0v) is 11.5. The molecule has 0 spiro atoms. The predicted octanol–water partition coefficient (Wildman–Crippen LogP) is 1.40. The molecule has 2 atom stereocenters. The molecule has 3 N–H and O–H groups in total. The summed E-state index contributed by atoms with van der Waals surface area (Å²) in [4.78, 5) is 14.0. The van der Waals surface area contributed by atoms with Crippen LogP contribution in [0.15, 0.2) is 18.2 Å². The van der Waals surface area contributed by atoms with Crippen molar-refractivity contribution < 1.29 is 14.6 Å². The Balaban J connectivity index is 2.52. The summed E-state index contributed by atoms with van der Waals surface area (Å²) in [6, 6.07) is 4.93. The van der Waals surface area contributed by atoms with Gasteiger partial charge >= 0.3 is 0 Å². The first-order valence-electron chi connectivity index (χ1n) is 6.45. The SMILES string of the molecule is CC1Oc2ccc(N)cc2N(C(CO)C(C)C)C1=O. The summed E-state index contributed by atoms with van der Waals surface area (Å²) < 4.78 is 5.58. The number of amides is 1. The topological polar surface area (TPSA) is 75.8 Å². The van der Waals surface area contributed by atoms with Gasteiger partial charge in [-0.15, -0.1) is 0 Å². The van der Waals surface area contributed by atoms with Gasteiger partial charge in [0.2, 0.25) is 0 Å². The van der Waals surface area contributed by atoms with Crippen LogP contribution >= 0.6 is 0 Å². The van der Waals surface area contributed by atoms with Crippen molar-refractivity contribution in [3.05, 3.63) is 18.2 Å². The van der Waals surface area contributed by atoms with Crippen molar-refractivity contribution in [3.63, 3.8) is 0 Å². The molecule has 0 aliphatic carbocycles. The molecule has 2 rings (SSSR count). The second-order valence-electron chi connectivity index (χ2n) is 5.19. The lowest BCUT2D eigenvalue weighted by atomic mass is 10.0. The average Bonchev–Trinajstić information content (AvgIpc) is 2.35. The van der Waals surface area contributed by atoms with E-state index in [1.165, 1.54) is 0 Å². The smallest absolute Gasteiger partial charge is 0.268 e. The summed E-state index contributed by atoms with van der Waals surface area (Å²) in [7, 11) is 0. The molecular weight excluding hydrogens is 244 g/mol. The molecule has 104 valence electrons. The number of nitrogen functional groups attached to an aromatic ring is 1. The molecule has 5 heteroatoms. The van der Waals surface area contributed by atoms with Gasteiger partial charge in [-0.05, 0) is 31.0 Å². The predicted molar refractivity (Wildman–Crippen MR) is 74.1 cm³/mol. The molecule has 0 bridgehead atoms. The van der Waals surface area contributed by atoms with Crippen molar-refractivity contribution in [1.29, 1.82) is 0 Å². The molecule has 5 nitrogen and oxygen atoms in total. The number of carbonyl (C=O) groups is 1. The van der Waals surface area contributed by atoms with E-state index in [0.29, 0.717) is 17.1 Å². The number of hydrogen-bond donors (Lipinski definition) is 2. The first-order chi connectivity index (χ1) is 8.95. The molecule has 1 amide bonds. The number of nitrogens with two attached hydrogens (primary N) is 1. The van der Waals surface area contributed by atoms with E-state index in [1.54, 1.807) is 30.0 Å². The van der Waals surface area contributed by atoms with Crippen molar-refractivity contribution in [2.75, 3.05) is 17.2 Å². The van der Waals surface area contributed by atoms with Crippen LogP contribution in [0.3, 0.4) is 0 Å². The van der Waals surface area contributed by atoms with Gasteiger partial charge in [-0.2, -0.15) is 0 Å². The number of ether oxygens (including phenoxy) is 1. The molecule has 1 aromatic rings. The Morgan fingerprint density at radius 2 is 2.16 bits per heavy atom. The van der Waals surface area contributed by atoms with Gasteiger partial charge in [0.15, 0.2) is 6.10 Å². The van der Waals surface area contributed by atoms with Gasteiger partial charge in [0.1, 0.15) is 5.75 Å². The molecule has 1 aromatic carbocycles. The second kappa shape index (κ2) is 5.09. The van der Waals surface area contributed by atoms with Gasteiger partial charge in [-0.3, -0.25) is 4.79 Å². The van der Waals surface area contributed by atoms with Crippen molar-refractivity contribution in [1.82, 2.24) is 0 Å². The molecular formula is C14H20N2O3. The van der Waals surface area contributed by atoms with E-state index in [4.69, 9.17) is 10.5 Å². The molecule has 19 heavy (non-hydrogen) atoms. The van der Waals surface area contributed by atoms with Gasteiger partial charge < -0.3 is 20.5 Å². The van der Waals surface area contributed by atoms with Crippen LogP contribution in [-0.2, 0) is 4.79 Å². The van der Waals surface area contributed by atoms with E-state index in [1.807, 2.05) is 13.8 Å². The minimum atomic E-state index is -0.552. The Labute approximate surface area is 113 Å². The van der Waals surface area contributed by atoms with E-state index in [-0.39, 0.29) is 24.5 Å². The van der Waals surface area contributed by atoms with Crippen molar-refractivity contribution in [2.24, 2.45) is 5.92 Å². The third kappa shape index (κ3) is 2.38. The molecule has 0 fully saturated rings.